The van der Waals surface area contributed by atoms with Gasteiger partial charge in [0.05, 0.1) is 34.2 Å². The third kappa shape index (κ3) is 5.82. The summed E-state index contributed by atoms with van der Waals surface area (Å²) >= 11 is 7.35. The molecule has 0 saturated carbocycles. The largest absolute Gasteiger partial charge is 0.489 e. The third-order valence-corrected chi connectivity index (χ3v) is 7.67. The summed E-state index contributed by atoms with van der Waals surface area (Å²) in [7, 11) is 3.97. The zero-order valence-corrected chi connectivity index (χ0v) is 26.0. The highest BCUT2D eigenvalue weighted by Crippen LogP contribution is 2.51. The first kappa shape index (κ1) is 29.8. The molecule has 10 heteroatoms. The number of carbonyl (C=O) groups is 1. The molecule has 1 atom stereocenters. The maximum absolute atomic E-state index is 12.9. The zero-order chi connectivity index (χ0) is 30.3. The number of hydrogen-bond donors (Lipinski definition) is 1. The highest BCUT2D eigenvalue weighted by Gasteiger charge is 2.37. The Labute approximate surface area is 251 Å². The summed E-state index contributed by atoms with van der Waals surface area (Å²) in [6.45, 7) is 12.1. The Hall–Kier alpha value is -3.66. The van der Waals surface area contributed by atoms with E-state index < -0.39 is 17.7 Å². The van der Waals surface area contributed by atoms with Crippen LogP contribution in [0.5, 0.6) is 5.75 Å². The standard InChI is InChI=1S/C32H38ClN5O4/c1-19-8-10-21(11-9-19)24-23-16-20(2)37-12-13-38(31-34-17-22(18-35-31)41-15-14-36(6)7)28(27(23)37)26(33)25(24)29(30(39)40)42-32(3,4)5/h8-11,16-18,29H,12-15H2,1-7H3,(H,39,40)/t29-/m0/s1. The van der Waals surface area contributed by atoms with Crippen LogP contribution < -0.4 is 9.64 Å². The van der Waals surface area contributed by atoms with Gasteiger partial charge in [0.2, 0.25) is 5.95 Å². The molecule has 4 aromatic rings. The van der Waals surface area contributed by atoms with Gasteiger partial charge >= 0.3 is 5.97 Å². The number of likely N-dealkylation sites (N-methyl/N-ethyl adjacent to an activating group) is 1. The Kier molecular flexibility index (Phi) is 8.20. The molecule has 9 nitrogen and oxygen atoms in total. The number of aryl methyl sites for hydroxylation is 2. The maximum atomic E-state index is 12.9. The molecule has 1 aliphatic heterocycles. The summed E-state index contributed by atoms with van der Waals surface area (Å²) in [5, 5.41) is 11.7. The van der Waals surface area contributed by atoms with Gasteiger partial charge in [-0.2, -0.15) is 0 Å². The number of rotatable bonds is 9. The lowest BCUT2D eigenvalue weighted by atomic mass is 9.90. The number of aromatic nitrogens is 3. The van der Waals surface area contributed by atoms with Crippen molar-refractivity contribution in [2.24, 2.45) is 0 Å². The molecule has 0 spiro atoms. The first-order chi connectivity index (χ1) is 19.9. The van der Waals surface area contributed by atoms with E-state index in [9.17, 15) is 9.90 Å². The Balaban J connectivity index is 1.73. The minimum atomic E-state index is -1.31. The smallest absolute Gasteiger partial charge is 0.337 e. The molecule has 1 N–H and O–H groups in total. The minimum absolute atomic E-state index is 0.309. The van der Waals surface area contributed by atoms with Crippen LogP contribution in [0.3, 0.4) is 0 Å². The Morgan fingerprint density at radius 1 is 1.12 bits per heavy atom. The third-order valence-electron chi connectivity index (χ3n) is 7.29. The molecule has 2 aromatic heterocycles. The van der Waals surface area contributed by atoms with Crippen LogP contribution in [0.4, 0.5) is 11.6 Å². The van der Waals surface area contributed by atoms with E-state index in [1.165, 1.54) is 0 Å². The number of carboxylic acids is 1. The fourth-order valence-electron chi connectivity index (χ4n) is 5.39. The normalized spacial score (nSPS) is 14.1. The molecule has 0 aliphatic carbocycles. The van der Waals surface area contributed by atoms with Crippen LogP contribution in [-0.4, -0.2) is 69.9 Å². The molecule has 5 rings (SSSR count). The second kappa shape index (κ2) is 11.6. The number of nitrogens with zero attached hydrogens (tertiary/aromatic N) is 5. The monoisotopic (exact) mass is 591 g/mol. The number of benzene rings is 2. The first-order valence-corrected chi connectivity index (χ1v) is 14.4. The lowest BCUT2D eigenvalue weighted by Crippen LogP contribution is -2.31. The predicted octanol–water partition coefficient (Wildman–Crippen LogP) is 6.40. The Bertz CT molecular complexity index is 1610. The highest BCUT2D eigenvalue weighted by atomic mass is 35.5. The van der Waals surface area contributed by atoms with Gasteiger partial charge in [0.1, 0.15) is 6.61 Å². The van der Waals surface area contributed by atoms with Crippen LogP contribution >= 0.6 is 11.6 Å². The molecule has 0 radical (unpaired) electrons. The summed E-state index contributed by atoms with van der Waals surface area (Å²) in [4.78, 5) is 26.1. The van der Waals surface area contributed by atoms with E-state index in [0.29, 0.717) is 47.7 Å². The van der Waals surface area contributed by atoms with Crippen LogP contribution in [-0.2, 0) is 16.1 Å². The number of halogens is 1. The van der Waals surface area contributed by atoms with Gasteiger partial charge < -0.3 is 28.9 Å². The van der Waals surface area contributed by atoms with E-state index in [0.717, 1.165) is 39.8 Å². The van der Waals surface area contributed by atoms with Crippen molar-refractivity contribution in [1.29, 1.82) is 0 Å². The summed E-state index contributed by atoms with van der Waals surface area (Å²) in [5.41, 5.74) is 5.05. The fraction of sp³-hybridized carbons (Fsp3) is 0.406. The number of ether oxygens (including phenoxy) is 2. The first-order valence-electron chi connectivity index (χ1n) is 14.1. The SMILES string of the molecule is Cc1ccc(-c2c([C@H](OC(C)(C)C)C(=O)O)c(Cl)c3c4c2cc(C)n4CCN3c2ncc(OCCN(C)C)cn2)cc1. The van der Waals surface area contributed by atoms with Gasteiger partial charge in [-0.1, -0.05) is 41.4 Å². The quantitative estimate of drug-likeness (QED) is 0.239. The van der Waals surface area contributed by atoms with E-state index in [1.807, 2.05) is 75.9 Å². The van der Waals surface area contributed by atoms with E-state index in [1.54, 1.807) is 12.4 Å². The van der Waals surface area contributed by atoms with Gasteiger partial charge in [-0.05, 0) is 65.9 Å². The van der Waals surface area contributed by atoms with Crippen LogP contribution in [0, 0.1) is 13.8 Å². The summed E-state index contributed by atoms with van der Waals surface area (Å²) in [6.07, 6.45) is 2.01. The molecule has 222 valence electrons. The van der Waals surface area contributed by atoms with Gasteiger partial charge in [0.25, 0.3) is 0 Å². The molecular formula is C32H38ClN5O4. The van der Waals surface area contributed by atoms with Gasteiger partial charge in [0.15, 0.2) is 11.9 Å². The Morgan fingerprint density at radius 3 is 2.38 bits per heavy atom. The summed E-state index contributed by atoms with van der Waals surface area (Å²) < 4.78 is 14.2. The number of anilines is 2. The molecule has 1 aliphatic rings. The van der Waals surface area contributed by atoms with Crippen LogP contribution in [0.2, 0.25) is 5.02 Å². The van der Waals surface area contributed by atoms with Crippen LogP contribution in [0.1, 0.15) is 43.7 Å². The zero-order valence-electron chi connectivity index (χ0n) is 25.2. The number of hydrogen-bond acceptors (Lipinski definition) is 7. The van der Waals surface area contributed by atoms with Crippen LogP contribution in [0.25, 0.3) is 22.0 Å². The molecule has 0 amide bonds. The topological polar surface area (TPSA) is 93.0 Å². The van der Waals surface area contributed by atoms with E-state index in [4.69, 9.17) is 21.1 Å². The molecule has 2 aromatic carbocycles. The van der Waals surface area contributed by atoms with Crippen molar-refractivity contribution in [1.82, 2.24) is 19.4 Å². The lowest BCUT2D eigenvalue weighted by Gasteiger charge is -2.34. The van der Waals surface area contributed by atoms with Gasteiger partial charge in [-0.25, -0.2) is 14.8 Å². The fourth-order valence-corrected chi connectivity index (χ4v) is 5.77. The van der Waals surface area contributed by atoms with Crippen molar-refractivity contribution in [3.05, 3.63) is 64.6 Å². The summed E-state index contributed by atoms with van der Waals surface area (Å²) in [5.74, 6) is -0.0744. The average molecular weight is 592 g/mol. The maximum Gasteiger partial charge on any atom is 0.337 e. The van der Waals surface area contributed by atoms with Gasteiger partial charge in [-0.3, -0.25) is 0 Å². The van der Waals surface area contributed by atoms with Crippen molar-refractivity contribution in [2.45, 2.75) is 52.9 Å². The highest BCUT2D eigenvalue weighted by molar-refractivity contribution is 6.37. The van der Waals surface area contributed by atoms with Gasteiger partial charge in [0, 0.05) is 36.3 Å². The van der Waals surface area contributed by atoms with Crippen molar-refractivity contribution < 1.29 is 19.4 Å². The van der Waals surface area contributed by atoms with Crippen LogP contribution in [0.15, 0.2) is 42.7 Å². The molecule has 0 bridgehead atoms. The molecule has 0 unspecified atom stereocenters. The molecular weight excluding hydrogens is 554 g/mol. The molecule has 0 fully saturated rings. The van der Waals surface area contributed by atoms with Crippen molar-refractivity contribution >= 4 is 40.1 Å². The lowest BCUT2D eigenvalue weighted by molar-refractivity contribution is -0.160. The average Bonchev–Trinajstić information content (AvgIpc) is 3.26. The van der Waals surface area contributed by atoms with E-state index in [-0.39, 0.29) is 0 Å². The van der Waals surface area contributed by atoms with E-state index in [2.05, 4.69) is 27.5 Å². The number of aliphatic carboxylic acids is 1. The Morgan fingerprint density at radius 2 is 1.79 bits per heavy atom. The second-order valence-electron chi connectivity index (χ2n) is 12.0. The van der Waals surface area contributed by atoms with E-state index >= 15 is 0 Å². The molecule has 42 heavy (non-hydrogen) atoms. The number of carboxylic acid groups (broad SMARTS) is 1. The minimum Gasteiger partial charge on any atom is -0.489 e. The van der Waals surface area contributed by atoms with Crippen molar-refractivity contribution in [2.75, 3.05) is 38.7 Å². The van der Waals surface area contributed by atoms with Gasteiger partial charge in [-0.15, -0.1) is 0 Å². The molecule has 0 saturated heterocycles. The van der Waals surface area contributed by atoms with Crippen molar-refractivity contribution in [3.8, 4) is 16.9 Å². The predicted molar refractivity (Wildman–Crippen MR) is 166 cm³/mol. The van der Waals surface area contributed by atoms with Crippen molar-refractivity contribution in [3.63, 3.8) is 0 Å². The summed E-state index contributed by atoms with van der Waals surface area (Å²) in [6, 6.07) is 10.2. The molecule has 3 heterocycles. The second-order valence-corrected chi connectivity index (χ2v) is 12.4.